The summed E-state index contributed by atoms with van der Waals surface area (Å²) in [6, 6.07) is 10.3. The number of rotatable bonds is 3. The quantitative estimate of drug-likeness (QED) is 0.749. The molecule has 1 aliphatic heterocycles. The van der Waals surface area contributed by atoms with Crippen LogP contribution in [0.15, 0.2) is 36.4 Å². The van der Waals surface area contributed by atoms with E-state index in [4.69, 9.17) is 11.6 Å². The van der Waals surface area contributed by atoms with Crippen LogP contribution in [0.1, 0.15) is 35.4 Å². The molecule has 0 fully saturated rings. The fourth-order valence-corrected chi connectivity index (χ4v) is 3.01. The highest BCUT2D eigenvalue weighted by molar-refractivity contribution is 6.32. The van der Waals surface area contributed by atoms with Crippen molar-refractivity contribution in [1.29, 1.82) is 0 Å². The van der Waals surface area contributed by atoms with Crippen molar-refractivity contribution in [3.05, 3.63) is 52.5 Å². The summed E-state index contributed by atoms with van der Waals surface area (Å²) in [5.41, 5.74) is 1.96. The van der Waals surface area contributed by atoms with Crippen molar-refractivity contribution in [1.82, 2.24) is 4.90 Å². The lowest BCUT2D eigenvalue weighted by Gasteiger charge is -2.38. The van der Waals surface area contributed by atoms with Crippen molar-refractivity contribution in [2.75, 3.05) is 11.9 Å². The van der Waals surface area contributed by atoms with Gasteiger partial charge in [0.2, 0.25) is 0 Å². The molecular formula is C17H17ClN2O3. The van der Waals surface area contributed by atoms with Gasteiger partial charge >= 0.3 is 0 Å². The third kappa shape index (κ3) is 2.68. The largest absolute Gasteiger partial charge is 0.504 e. The lowest BCUT2D eigenvalue weighted by Crippen LogP contribution is -2.43. The Morgan fingerprint density at radius 1 is 1.26 bits per heavy atom. The Morgan fingerprint density at radius 3 is 2.70 bits per heavy atom. The van der Waals surface area contributed by atoms with Crippen LogP contribution in [0.2, 0.25) is 5.02 Å². The summed E-state index contributed by atoms with van der Waals surface area (Å²) in [5.74, 6) is -0.744. The second-order valence-corrected chi connectivity index (χ2v) is 5.87. The van der Waals surface area contributed by atoms with Crippen LogP contribution in [0.3, 0.4) is 0 Å². The monoisotopic (exact) mass is 332 g/mol. The second kappa shape index (κ2) is 6.01. The van der Waals surface area contributed by atoms with Gasteiger partial charge in [-0.3, -0.25) is 4.79 Å². The van der Waals surface area contributed by atoms with E-state index in [0.717, 1.165) is 12.1 Å². The molecule has 0 bridgehead atoms. The molecule has 6 heteroatoms. The fraction of sp³-hybridized carbons (Fsp3) is 0.235. The van der Waals surface area contributed by atoms with Gasteiger partial charge in [-0.25, -0.2) is 0 Å². The van der Waals surface area contributed by atoms with Crippen LogP contribution in [0.25, 0.3) is 0 Å². The number of nitrogens with zero attached hydrogens (tertiary/aromatic N) is 1. The number of carbonyl (C=O) groups excluding carboxylic acids is 1. The number of benzene rings is 2. The number of fused-ring (bicyclic) bond motifs is 1. The smallest absolute Gasteiger partial charge is 0.257 e. The number of carbonyl (C=O) groups is 1. The number of phenolic OH excluding ortho intramolecular Hbond substituents is 2. The molecule has 5 nitrogen and oxygen atoms in total. The maximum absolute atomic E-state index is 12.8. The number of para-hydroxylation sites is 1. The topological polar surface area (TPSA) is 72.8 Å². The molecule has 0 radical (unpaired) electrons. The van der Waals surface area contributed by atoms with Gasteiger partial charge in [0, 0.05) is 17.8 Å². The number of nitrogens with one attached hydrogen (secondary N) is 1. The number of hydrogen-bond acceptors (Lipinski definition) is 4. The van der Waals surface area contributed by atoms with Gasteiger partial charge in [0.25, 0.3) is 5.91 Å². The standard InChI is InChI=1S/C17H17ClN2O3/c1-2-7-20-16(10-8-12(18)15(22)14(21)9-10)19-13-6-4-3-5-11(13)17(20)23/h3-6,8-9,16,19,21-22H,2,7H2,1H3/t16-/m0/s1. The van der Waals surface area contributed by atoms with Crippen molar-refractivity contribution in [3.8, 4) is 11.5 Å². The summed E-state index contributed by atoms with van der Waals surface area (Å²) < 4.78 is 0. The van der Waals surface area contributed by atoms with Gasteiger partial charge in [0.15, 0.2) is 11.5 Å². The van der Waals surface area contributed by atoms with Gasteiger partial charge in [-0.15, -0.1) is 0 Å². The summed E-state index contributed by atoms with van der Waals surface area (Å²) in [7, 11) is 0. The third-order valence-corrected chi connectivity index (χ3v) is 4.16. The molecule has 0 spiro atoms. The Hall–Kier alpha value is -2.40. The molecule has 1 atom stereocenters. The molecule has 120 valence electrons. The summed E-state index contributed by atoms with van der Waals surface area (Å²) in [6.45, 7) is 2.55. The van der Waals surface area contributed by atoms with Gasteiger partial charge < -0.3 is 20.4 Å². The summed E-state index contributed by atoms with van der Waals surface area (Å²) in [4.78, 5) is 14.5. The molecule has 1 amide bonds. The summed E-state index contributed by atoms with van der Waals surface area (Å²) >= 11 is 5.96. The predicted molar refractivity (Wildman–Crippen MR) is 88.9 cm³/mol. The van der Waals surface area contributed by atoms with Gasteiger partial charge in [-0.2, -0.15) is 0 Å². The molecule has 1 aliphatic rings. The van der Waals surface area contributed by atoms with Crippen molar-refractivity contribution in [3.63, 3.8) is 0 Å². The fourth-order valence-electron chi connectivity index (χ4n) is 2.79. The molecule has 23 heavy (non-hydrogen) atoms. The van der Waals surface area contributed by atoms with Crippen molar-refractivity contribution < 1.29 is 15.0 Å². The predicted octanol–water partition coefficient (Wildman–Crippen LogP) is 3.73. The van der Waals surface area contributed by atoms with Crippen LogP contribution in [0, 0.1) is 0 Å². The van der Waals surface area contributed by atoms with E-state index in [2.05, 4.69) is 5.32 Å². The summed E-state index contributed by atoms with van der Waals surface area (Å²) in [5, 5.41) is 22.8. The van der Waals surface area contributed by atoms with E-state index >= 15 is 0 Å². The first kappa shape index (κ1) is 15.5. The van der Waals surface area contributed by atoms with Crippen LogP contribution in [0.5, 0.6) is 11.5 Å². The van der Waals surface area contributed by atoms with Gasteiger partial charge in [-0.1, -0.05) is 30.7 Å². The Bertz CT molecular complexity index is 740. The average Bonchev–Trinajstić information content (AvgIpc) is 2.54. The Labute approximate surface area is 139 Å². The lowest BCUT2D eigenvalue weighted by atomic mass is 10.0. The minimum atomic E-state index is -0.457. The molecule has 0 saturated carbocycles. The highest BCUT2D eigenvalue weighted by atomic mass is 35.5. The molecule has 0 aromatic heterocycles. The number of aromatic hydroxyl groups is 2. The molecule has 0 saturated heterocycles. The Morgan fingerprint density at radius 2 is 2.00 bits per heavy atom. The van der Waals surface area contributed by atoms with E-state index < -0.39 is 6.17 Å². The highest BCUT2D eigenvalue weighted by Gasteiger charge is 2.32. The van der Waals surface area contributed by atoms with Gasteiger partial charge in [0.05, 0.1) is 10.6 Å². The Kier molecular flexibility index (Phi) is 4.05. The molecule has 3 N–H and O–H groups in total. The van der Waals surface area contributed by atoms with Crippen LogP contribution in [-0.2, 0) is 0 Å². The first-order chi connectivity index (χ1) is 11.0. The van der Waals surface area contributed by atoms with Gasteiger partial charge in [-0.05, 0) is 30.7 Å². The Balaban J connectivity index is 2.08. The molecule has 1 heterocycles. The first-order valence-electron chi connectivity index (χ1n) is 7.40. The van der Waals surface area contributed by atoms with Crippen molar-refractivity contribution in [2.45, 2.75) is 19.5 Å². The highest BCUT2D eigenvalue weighted by Crippen LogP contribution is 2.39. The first-order valence-corrected chi connectivity index (χ1v) is 7.78. The van der Waals surface area contributed by atoms with E-state index in [1.165, 1.54) is 6.07 Å². The average molecular weight is 333 g/mol. The maximum Gasteiger partial charge on any atom is 0.257 e. The SMILES string of the molecule is CCCN1C(=O)c2ccccc2N[C@@H]1c1cc(O)c(O)c(Cl)c1. The molecule has 3 rings (SSSR count). The summed E-state index contributed by atoms with van der Waals surface area (Å²) in [6.07, 6.45) is 0.338. The molecule has 2 aromatic rings. The van der Waals surface area contributed by atoms with E-state index in [9.17, 15) is 15.0 Å². The molecule has 2 aromatic carbocycles. The van der Waals surface area contributed by atoms with Crippen LogP contribution in [-0.4, -0.2) is 27.6 Å². The minimum Gasteiger partial charge on any atom is -0.504 e. The molecular weight excluding hydrogens is 316 g/mol. The third-order valence-electron chi connectivity index (χ3n) is 3.87. The molecule has 0 unspecified atom stereocenters. The molecule has 0 aliphatic carbocycles. The number of halogens is 1. The number of hydrogen-bond donors (Lipinski definition) is 3. The second-order valence-electron chi connectivity index (χ2n) is 5.46. The van der Waals surface area contributed by atoms with E-state index in [-0.39, 0.29) is 22.4 Å². The number of amides is 1. The lowest BCUT2D eigenvalue weighted by molar-refractivity contribution is 0.0683. The van der Waals surface area contributed by atoms with Crippen LogP contribution < -0.4 is 5.32 Å². The zero-order chi connectivity index (χ0) is 16.6. The zero-order valence-electron chi connectivity index (χ0n) is 12.6. The van der Waals surface area contributed by atoms with Gasteiger partial charge in [0.1, 0.15) is 6.17 Å². The normalized spacial score (nSPS) is 16.9. The van der Waals surface area contributed by atoms with Crippen molar-refractivity contribution in [2.24, 2.45) is 0 Å². The van der Waals surface area contributed by atoms with Crippen LogP contribution >= 0.6 is 11.6 Å². The van der Waals surface area contributed by atoms with Crippen molar-refractivity contribution >= 4 is 23.2 Å². The van der Waals surface area contributed by atoms with Crippen LogP contribution in [0.4, 0.5) is 5.69 Å². The number of phenols is 2. The minimum absolute atomic E-state index is 0.0459. The van der Waals surface area contributed by atoms with E-state index in [1.807, 2.05) is 25.1 Å². The van der Waals surface area contributed by atoms with E-state index in [0.29, 0.717) is 17.7 Å². The number of anilines is 1. The zero-order valence-corrected chi connectivity index (χ0v) is 13.3. The maximum atomic E-state index is 12.8. The van der Waals surface area contributed by atoms with E-state index in [1.54, 1.807) is 17.0 Å².